The van der Waals surface area contributed by atoms with Gasteiger partial charge >= 0.3 is 0 Å². The van der Waals surface area contributed by atoms with E-state index in [4.69, 9.17) is 0 Å². The third kappa shape index (κ3) is 1.68. The van der Waals surface area contributed by atoms with Crippen molar-refractivity contribution in [1.29, 1.82) is 0 Å². The van der Waals surface area contributed by atoms with Gasteiger partial charge in [-0.15, -0.1) is 0 Å². The molecule has 0 heterocycles. The Hall–Kier alpha value is -0.780. The van der Waals surface area contributed by atoms with E-state index in [-0.39, 0.29) is 0 Å². The van der Waals surface area contributed by atoms with Gasteiger partial charge in [-0.2, -0.15) is 0 Å². The zero-order valence-corrected chi connectivity index (χ0v) is 14.6. The summed E-state index contributed by atoms with van der Waals surface area (Å²) in [7, 11) is 0. The molecule has 6 unspecified atom stereocenters. The maximum Gasteiger partial charge on any atom is 0.0310 e. The van der Waals surface area contributed by atoms with E-state index in [9.17, 15) is 0 Å². The molecule has 0 aromatic carbocycles. The van der Waals surface area contributed by atoms with Gasteiger partial charge in [0.1, 0.15) is 0 Å². The highest BCUT2D eigenvalue weighted by atomic mass is 14.6. The zero-order chi connectivity index (χ0) is 15.2. The predicted octanol–water partition coefficient (Wildman–Crippen LogP) is 6.06. The molecule has 0 aromatic rings. The first-order valence-corrected chi connectivity index (χ1v) is 10.4. The fourth-order valence-electron chi connectivity index (χ4n) is 7.75. The highest BCUT2D eigenvalue weighted by molar-refractivity contribution is 5.49. The molecule has 122 valence electrons. The summed E-state index contributed by atoms with van der Waals surface area (Å²) in [4.78, 5) is 0. The van der Waals surface area contributed by atoms with Gasteiger partial charge in [0.2, 0.25) is 0 Å². The van der Waals surface area contributed by atoms with Crippen LogP contribution in [-0.2, 0) is 0 Å². The van der Waals surface area contributed by atoms with Crippen molar-refractivity contribution in [3.63, 3.8) is 0 Å². The lowest BCUT2D eigenvalue weighted by molar-refractivity contribution is 0.393. The summed E-state index contributed by atoms with van der Waals surface area (Å²) in [6.07, 6.45) is 21.6. The maximum atomic E-state index is 2.76. The standard InChI is InChI=1S/C23H30/c1-23(20-11-14-2-5-17(20)8-14,21-12-15-3-6-18(21)9-15)22-13-16-4-7-19(22)10-16/h11-19H,2-10H2,1H3. The Morgan fingerprint density at radius 1 is 0.609 bits per heavy atom. The maximum absolute atomic E-state index is 2.76. The van der Waals surface area contributed by atoms with Crippen molar-refractivity contribution >= 4 is 0 Å². The summed E-state index contributed by atoms with van der Waals surface area (Å²) in [6.45, 7) is 2.67. The molecule has 0 aromatic heterocycles. The number of hydrogen-bond donors (Lipinski definition) is 0. The summed E-state index contributed by atoms with van der Waals surface area (Å²) < 4.78 is 0. The number of hydrogen-bond acceptors (Lipinski definition) is 0. The van der Waals surface area contributed by atoms with Crippen molar-refractivity contribution < 1.29 is 0 Å². The first-order chi connectivity index (χ1) is 11.2. The Bertz CT molecular complexity index is 557. The van der Waals surface area contributed by atoms with Crippen LogP contribution < -0.4 is 0 Å². The molecule has 0 amide bonds. The Kier molecular flexibility index (Phi) is 2.60. The van der Waals surface area contributed by atoms with Crippen molar-refractivity contribution in [1.82, 2.24) is 0 Å². The molecule has 0 radical (unpaired) electrons. The van der Waals surface area contributed by atoms with Crippen LogP contribution in [0, 0.1) is 40.9 Å². The molecule has 6 aliphatic rings. The molecule has 0 nitrogen and oxygen atoms in total. The second kappa shape index (κ2) is 4.44. The molecule has 6 atom stereocenters. The summed E-state index contributed by atoms with van der Waals surface area (Å²) >= 11 is 0. The fraction of sp³-hybridized carbons (Fsp3) is 0.739. The average Bonchev–Trinajstić information content (AvgIpc) is 3.40. The van der Waals surface area contributed by atoms with Crippen molar-refractivity contribution in [2.45, 2.75) is 64.7 Å². The van der Waals surface area contributed by atoms with Gasteiger partial charge in [0, 0.05) is 5.41 Å². The molecule has 3 saturated carbocycles. The lowest BCUT2D eigenvalue weighted by atomic mass is 9.60. The lowest BCUT2D eigenvalue weighted by Crippen LogP contribution is -2.32. The van der Waals surface area contributed by atoms with E-state index < -0.39 is 0 Å². The molecule has 6 rings (SSSR count). The Morgan fingerprint density at radius 3 is 1.17 bits per heavy atom. The van der Waals surface area contributed by atoms with E-state index in [0.717, 1.165) is 35.5 Å². The summed E-state index contributed by atoms with van der Waals surface area (Å²) in [5.41, 5.74) is 5.98. The summed E-state index contributed by atoms with van der Waals surface area (Å²) in [6, 6.07) is 0. The molecule has 0 spiro atoms. The first kappa shape index (κ1) is 13.5. The molecule has 0 heteroatoms. The van der Waals surface area contributed by atoms with Gasteiger partial charge in [0.25, 0.3) is 0 Å². The topological polar surface area (TPSA) is 0 Å². The van der Waals surface area contributed by atoms with Gasteiger partial charge in [-0.25, -0.2) is 0 Å². The second-order valence-corrected chi connectivity index (χ2v) is 9.80. The third-order valence-corrected chi connectivity index (χ3v) is 8.72. The van der Waals surface area contributed by atoms with Crippen LogP contribution in [0.2, 0.25) is 0 Å². The molecular weight excluding hydrogens is 276 g/mol. The molecule has 6 aliphatic carbocycles. The highest BCUT2D eigenvalue weighted by Gasteiger charge is 2.53. The van der Waals surface area contributed by atoms with Crippen molar-refractivity contribution in [2.75, 3.05) is 0 Å². The van der Waals surface area contributed by atoms with E-state index in [1.54, 1.807) is 0 Å². The number of fused-ring (bicyclic) bond motifs is 6. The number of allylic oxidation sites excluding steroid dienone is 6. The van der Waals surface area contributed by atoms with Crippen LogP contribution in [0.15, 0.2) is 34.9 Å². The normalized spacial score (nSPS) is 48.7. The highest BCUT2D eigenvalue weighted by Crippen LogP contribution is 2.64. The van der Waals surface area contributed by atoms with Crippen LogP contribution >= 0.6 is 0 Å². The van der Waals surface area contributed by atoms with Crippen LogP contribution in [0.3, 0.4) is 0 Å². The van der Waals surface area contributed by atoms with Gasteiger partial charge in [0.15, 0.2) is 0 Å². The first-order valence-electron chi connectivity index (χ1n) is 10.4. The monoisotopic (exact) mass is 306 g/mol. The minimum atomic E-state index is 0.333. The molecule has 0 saturated heterocycles. The van der Waals surface area contributed by atoms with E-state index >= 15 is 0 Å². The smallest absolute Gasteiger partial charge is 0.0310 e. The zero-order valence-electron chi connectivity index (χ0n) is 14.6. The Morgan fingerprint density at radius 2 is 0.957 bits per heavy atom. The molecule has 6 bridgehead atoms. The molecular formula is C23H30. The largest absolute Gasteiger partial charge is 0.0807 e. The average molecular weight is 306 g/mol. The number of rotatable bonds is 3. The van der Waals surface area contributed by atoms with Crippen LogP contribution in [0.25, 0.3) is 0 Å². The SMILES string of the molecule is CC(C1=CC2CCC1C2)(C1=CC2CCC1C2)C1=CC2CCC1C2. The second-order valence-electron chi connectivity index (χ2n) is 9.80. The quantitative estimate of drug-likeness (QED) is 0.556. The summed E-state index contributed by atoms with van der Waals surface area (Å²) in [5.74, 6) is 5.54. The molecule has 0 aliphatic heterocycles. The Labute approximate surface area is 141 Å². The van der Waals surface area contributed by atoms with E-state index in [0.29, 0.717) is 5.41 Å². The van der Waals surface area contributed by atoms with Gasteiger partial charge < -0.3 is 0 Å². The lowest BCUT2D eigenvalue weighted by Gasteiger charge is -2.43. The molecule has 3 fully saturated rings. The molecule has 0 N–H and O–H groups in total. The van der Waals surface area contributed by atoms with Crippen LogP contribution in [0.5, 0.6) is 0 Å². The van der Waals surface area contributed by atoms with E-state index in [2.05, 4.69) is 25.2 Å². The van der Waals surface area contributed by atoms with Crippen LogP contribution in [0.1, 0.15) is 64.7 Å². The third-order valence-electron chi connectivity index (χ3n) is 8.72. The Balaban J connectivity index is 1.50. The van der Waals surface area contributed by atoms with Gasteiger partial charge in [-0.1, -0.05) is 34.9 Å². The van der Waals surface area contributed by atoms with Gasteiger partial charge in [-0.3, -0.25) is 0 Å². The predicted molar refractivity (Wildman–Crippen MR) is 94.8 cm³/mol. The molecule has 23 heavy (non-hydrogen) atoms. The van der Waals surface area contributed by atoms with Crippen LogP contribution in [-0.4, -0.2) is 0 Å². The fourth-order valence-corrected chi connectivity index (χ4v) is 7.75. The van der Waals surface area contributed by atoms with E-state index in [1.165, 1.54) is 57.8 Å². The van der Waals surface area contributed by atoms with Crippen LogP contribution in [0.4, 0.5) is 0 Å². The van der Waals surface area contributed by atoms with Crippen molar-refractivity contribution in [2.24, 2.45) is 40.9 Å². The van der Waals surface area contributed by atoms with Crippen molar-refractivity contribution in [3.05, 3.63) is 34.9 Å². The minimum Gasteiger partial charge on any atom is -0.0807 e. The van der Waals surface area contributed by atoms with Gasteiger partial charge in [-0.05, 0) is 100 Å². The minimum absolute atomic E-state index is 0.333. The van der Waals surface area contributed by atoms with E-state index in [1.807, 2.05) is 16.7 Å². The van der Waals surface area contributed by atoms with Gasteiger partial charge in [0.05, 0.1) is 0 Å². The van der Waals surface area contributed by atoms with Crippen molar-refractivity contribution in [3.8, 4) is 0 Å². The summed E-state index contributed by atoms with van der Waals surface area (Å²) in [5, 5.41) is 0.